The Hall–Kier alpha value is -3.80. The molecule has 0 bridgehead atoms. The zero-order valence-corrected chi connectivity index (χ0v) is 24.6. The summed E-state index contributed by atoms with van der Waals surface area (Å²) in [5.74, 6) is 1.28. The lowest BCUT2D eigenvalue weighted by Gasteiger charge is -2.38. The number of aryl methyl sites for hydroxylation is 2. The van der Waals surface area contributed by atoms with Crippen molar-refractivity contribution in [2.24, 2.45) is 0 Å². The third-order valence-corrected chi connectivity index (χ3v) is 9.05. The van der Waals surface area contributed by atoms with Crippen molar-refractivity contribution in [2.75, 3.05) is 6.61 Å². The van der Waals surface area contributed by atoms with E-state index in [-0.39, 0.29) is 17.7 Å². The molecule has 4 aromatic rings. The lowest BCUT2D eigenvalue weighted by atomic mass is 9.81. The highest BCUT2D eigenvalue weighted by molar-refractivity contribution is 5.70. The Kier molecular flexibility index (Phi) is 7.98. The molecule has 0 radical (unpaired) electrons. The fraction of sp³-hybridized carbons (Fsp3) is 0.471. The van der Waals surface area contributed by atoms with E-state index >= 15 is 0 Å². The van der Waals surface area contributed by atoms with Crippen LogP contribution in [0.5, 0.6) is 0 Å². The Bertz CT molecular complexity index is 1670. The topological polar surface area (TPSA) is 105 Å². The van der Waals surface area contributed by atoms with E-state index in [1.807, 2.05) is 52.4 Å². The minimum absolute atomic E-state index is 0.0189. The van der Waals surface area contributed by atoms with Gasteiger partial charge in [0.05, 0.1) is 35.6 Å². The minimum atomic E-state index is -0.639. The molecule has 42 heavy (non-hydrogen) atoms. The molecule has 0 saturated heterocycles. The van der Waals surface area contributed by atoms with E-state index in [0.717, 1.165) is 85.7 Å². The number of ether oxygens (including phenoxy) is 1. The van der Waals surface area contributed by atoms with E-state index < -0.39 is 5.60 Å². The third-order valence-electron chi connectivity index (χ3n) is 9.05. The first-order valence-corrected chi connectivity index (χ1v) is 15.3. The van der Waals surface area contributed by atoms with E-state index in [0.29, 0.717) is 30.2 Å². The fourth-order valence-electron chi connectivity index (χ4n) is 6.54. The summed E-state index contributed by atoms with van der Waals surface area (Å²) in [7, 11) is 0. The maximum absolute atomic E-state index is 14.3. The molecule has 218 valence electrons. The van der Waals surface area contributed by atoms with Gasteiger partial charge in [-0.2, -0.15) is 15.3 Å². The Balaban J connectivity index is 1.30. The lowest BCUT2D eigenvalue weighted by molar-refractivity contribution is -0.120. The zero-order valence-electron chi connectivity index (χ0n) is 24.6. The van der Waals surface area contributed by atoms with Crippen molar-refractivity contribution < 1.29 is 9.84 Å². The average molecular weight is 566 g/mol. The molecule has 2 heterocycles. The highest BCUT2D eigenvalue weighted by Crippen LogP contribution is 2.35. The predicted molar refractivity (Wildman–Crippen MR) is 161 cm³/mol. The van der Waals surface area contributed by atoms with Crippen LogP contribution >= 0.6 is 0 Å². The minimum Gasteiger partial charge on any atom is -0.387 e. The second-order valence-electron chi connectivity index (χ2n) is 12.1. The van der Waals surface area contributed by atoms with Crippen molar-refractivity contribution in [1.29, 1.82) is 5.26 Å². The van der Waals surface area contributed by atoms with Crippen molar-refractivity contribution in [2.45, 2.75) is 95.8 Å². The van der Waals surface area contributed by atoms with Crippen molar-refractivity contribution in [3.63, 3.8) is 0 Å². The summed E-state index contributed by atoms with van der Waals surface area (Å²) in [5, 5.41) is 24.7. The van der Waals surface area contributed by atoms with Crippen LogP contribution in [0.2, 0.25) is 0 Å². The number of hydrogen-bond acceptors (Lipinski definition) is 6. The van der Waals surface area contributed by atoms with Crippen LogP contribution in [-0.2, 0) is 17.6 Å². The second kappa shape index (κ2) is 11.8. The van der Waals surface area contributed by atoms with E-state index in [4.69, 9.17) is 14.8 Å². The molecule has 0 amide bonds. The van der Waals surface area contributed by atoms with E-state index in [1.54, 1.807) is 0 Å². The molecule has 8 heteroatoms. The van der Waals surface area contributed by atoms with Gasteiger partial charge in [0.2, 0.25) is 5.78 Å². The predicted octanol–water partition coefficient (Wildman–Crippen LogP) is 5.70. The molecule has 2 saturated carbocycles. The van der Waals surface area contributed by atoms with Gasteiger partial charge in [0.15, 0.2) is 0 Å². The molecule has 0 unspecified atom stereocenters. The Morgan fingerprint density at radius 3 is 2.50 bits per heavy atom. The SMILES string of the molecule is CCCc1c(Cc2ccc(-c3ccccc3C#N)cc2)c(=O)n([C@H]2CC[C@H](OCC3(O)CCC3)CC2)c2nc(C)nn12. The number of aromatic nitrogens is 4. The molecule has 6 rings (SSSR count). The van der Waals surface area contributed by atoms with Crippen LogP contribution < -0.4 is 5.56 Å². The molecule has 2 aliphatic rings. The van der Waals surface area contributed by atoms with Gasteiger partial charge in [-0.25, -0.2) is 4.52 Å². The maximum atomic E-state index is 14.3. The quantitative estimate of drug-likeness (QED) is 0.279. The van der Waals surface area contributed by atoms with Crippen LogP contribution in [0.25, 0.3) is 16.9 Å². The molecule has 0 atom stereocenters. The van der Waals surface area contributed by atoms with Gasteiger partial charge in [-0.15, -0.1) is 0 Å². The number of nitrogens with zero attached hydrogens (tertiary/aromatic N) is 5. The van der Waals surface area contributed by atoms with E-state index in [9.17, 15) is 15.2 Å². The van der Waals surface area contributed by atoms with Gasteiger partial charge in [0.1, 0.15) is 5.82 Å². The van der Waals surface area contributed by atoms with E-state index in [1.165, 1.54) is 0 Å². The van der Waals surface area contributed by atoms with Gasteiger partial charge < -0.3 is 9.84 Å². The molecule has 2 aromatic heterocycles. The Morgan fingerprint density at radius 2 is 1.83 bits per heavy atom. The molecule has 2 aliphatic carbocycles. The summed E-state index contributed by atoms with van der Waals surface area (Å²) < 4.78 is 9.91. The normalized spacial score (nSPS) is 19.9. The highest BCUT2D eigenvalue weighted by Gasteiger charge is 2.36. The molecule has 2 aromatic carbocycles. The molecule has 0 spiro atoms. The summed E-state index contributed by atoms with van der Waals surface area (Å²) in [5.41, 5.74) is 4.64. The number of hydrogen-bond donors (Lipinski definition) is 1. The number of benzene rings is 2. The standard InChI is InChI=1S/C34H39N5O3/c1-3-7-31-30(20-24-10-12-25(13-11-24)29-9-5-4-8-26(29)21-35)32(40)38(33-36-23(2)37-39(31)33)27-14-16-28(17-15-27)42-22-34(41)18-6-19-34/h4-5,8-13,27-28,41H,3,6-7,14-20,22H2,1-2H3/t27-,28-. The second-order valence-corrected chi connectivity index (χ2v) is 12.1. The van der Waals surface area contributed by atoms with Crippen LogP contribution in [-0.4, -0.2) is 42.6 Å². The van der Waals surface area contributed by atoms with Gasteiger partial charge in [-0.1, -0.05) is 55.8 Å². The molecule has 8 nitrogen and oxygen atoms in total. The van der Waals surface area contributed by atoms with Gasteiger partial charge in [-0.3, -0.25) is 9.36 Å². The van der Waals surface area contributed by atoms with Crippen molar-refractivity contribution in [3.8, 4) is 17.2 Å². The van der Waals surface area contributed by atoms with Gasteiger partial charge in [-0.05, 0) is 81.0 Å². The fourth-order valence-corrected chi connectivity index (χ4v) is 6.54. The zero-order chi connectivity index (χ0) is 29.3. The van der Waals surface area contributed by atoms with Crippen LogP contribution in [0.1, 0.15) is 92.5 Å². The monoisotopic (exact) mass is 565 g/mol. The first-order valence-electron chi connectivity index (χ1n) is 15.3. The number of rotatable bonds is 9. The number of fused-ring (bicyclic) bond motifs is 1. The largest absolute Gasteiger partial charge is 0.387 e. The molecular weight excluding hydrogens is 526 g/mol. The highest BCUT2D eigenvalue weighted by atomic mass is 16.5. The van der Waals surface area contributed by atoms with Crippen LogP contribution in [0.4, 0.5) is 0 Å². The van der Waals surface area contributed by atoms with Crippen LogP contribution in [0, 0.1) is 18.3 Å². The third kappa shape index (κ3) is 5.51. The first kappa shape index (κ1) is 28.3. The van der Waals surface area contributed by atoms with Crippen molar-refractivity contribution >= 4 is 5.78 Å². The van der Waals surface area contributed by atoms with Gasteiger partial charge in [0.25, 0.3) is 5.56 Å². The summed E-state index contributed by atoms with van der Waals surface area (Å²) in [6.45, 7) is 4.41. The van der Waals surface area contributed by atoms with Crippen LogP contribution in [0.3, 0.4) is 0 Å². The number of nitriles is 1. The maximum Gasteiger partial charge on any atom is 0.259 e. The number of aliphatic hydroxyl groups is 1. The molecule has 1 N–H and O–H groups in total. The van der Waals surface area contributed by atoms with Crippen molar-refractivity contribution in [1.82, 2.24) is 19.2 Å². The van der Waals surface area contributed by atoms with Gasteiger partial charge in [0, 0.05) is 18.0 Å². The summed E-state index contributed by atoms with van der Waals surface area (Å²) in [6, 6.07) is 18.1. The molecule has 0 aliphatic heterocycles. The van der Waals surface area contributed by atoms with E-state index in [2.05, 4.69) is 25.1 Å². The summed E-state index contributed by atoms with van der Waals surface area (Å²) >= 11 is 0. The van der Waals surface area contributed by atoms with Crippen molar-refractivity contribution in [3.05, 3.63) is 87.1 Å². The lowest BCUT2D eigenvalue weighted by Crippen LogP contribution is -2.43. The van der Waals surface area contributed by atoms with Crippen LogP contribution in [0.15, 0.2) is 53.3 Å². The first-order chi connectivity index (χ1) is 20.4. The summed E-state index contributed by atoms with van der Waals surface area (Å²) in [4.78, 5) is 19.1. The summed E-state index contributed by atoms with van der Waals surface area (Å²) in [6.07, 6.45) is 8.31. The Labute approximate surface area is 246 Å². The average Bonchev–Trinajstić information content (AvgIpc) is 3.38. The Morgan fingerprint density at radius 1 is 1.10 bits per heavy atom. The van der Waals surface area contributed by atoms with Gasteiger partial charge >= 0.3 is 0 Å². The smallest absolute Gasteiger partial charge is 0.259 e. The molecule has 2 fully saturated rings. The molecular formula is C34H39N5O3.